The highest BCUT2D eigenvalue weighted by atomic mass is 32.2. The van der Waals surface area contributed by atoms with E-state index in [0.29, 0.717) is 11.3 Å². The summed E-state index contributed by atoms with van der Waals surface area (Å²) in [4.78, 5) is 24.7. The maximum Gasteiger partial charge on any atom is 0.265 e. The van der Waals surface area contributed by atoms with E-state index in [4.69, 9.17) is 0 Å². The van der Waals surface area contributed by atoms with Gasteiger partial charge in [-0.3, -0.25) is 13.9 Å². The van der Waals surface area contributed by atoms with Crippen molar-refractivity contribution < 1.29 is 18.0 Å². The molecule has 7 heteroatoms. The standard InChI is InChI=1S/C25H26N2O4S/c1-18-9-15-24(16-10-18)32(30,31)27(23-13-11-22(12-14-23)20(3)28)19(2)25(29)26-17-21-7-5-4-6-8-21/h4-16,19H,17H2,1-3H3,(H,26,29)/t19-/m0/s1. The lowest BCUT2D eigenvalue weighted by atomic mass is 10.1. The second-order valence-electron chi connectivity index (χ2n) is 7.60. The van der Waals surface area contributed by atoms with Gasteiger partial charge in [0.1, 0.15) is 6.04 Å². The van der Waals surface area contributed by atoms with Crippen LogP contribution in [0.4, 0.5) is 5.69 Å². The Balaban J connectivity index is 1.96. The fourth-order valence-electron chi connectivity index (χ4n) is 3.28. The Kier molecular flexibility index (Phi) is 7.10. The second kappa shape index (κ2) is 9.78. The van der Waals surface area contributed by atoms with Gasteiger partial charge in [0.2, 0.25) is 5.91 Å². The van der Waals surface area contributed by atoms with Crippen LogP contribution in [0.5, 0.6) is 0 Å². The lowest BCUT2D eigenvalue weighted by Crippen LogP contribution is -2.48. The zero-order valence-corrected chi connectivity index (χ0v) is 19.1. The van der Waals surface area contributed by atoms with Crippen molar-refractivity contribution in [2.24, 2.45) is 0 Å². The Morgan fingerprint density at radius 3 is 2.06 bits per heavy atom. The maximum absolute atomic E-state index is 13.6. The number of carbonyl (C=O) groups excluding carboxylic acids is 2. The Morgan fingerprint density at radius 1 is 0.906 bits per heavy atom. The molecule has 0 aliphatic rings. The smallest absolute Gasteiger partial charge is 0.265 e. The highest BCUT2D eigenvalue weighted by Gasteiger charge is 2.33. The number of hydrogen-bond acceptors (Lipinski definition) is 4. The van der Waals surface area contributed by atoms with Gasteiger partial charge in [-0.05, 0) is 62.7 Å². The molecular weight excluding hydrogens is 424 g/mol. The summed E-state index contributed by atoms with van der Waals surface area (Å²) in [6.45, 7) is 5.14. The summed E-state index contributed by atoms with van der Waals surface area (Å²) in [6, 6.07) is 21.0. The van der Waals surface area contributed by atoms with Gasteiger partial charge in [0.05, 0.1) is 10.6 Å². The van der Waals surface area contributed by atoms with Crippen molar-refractivity contribution in [1.82, 2.24) is 5.32 Å². The van der Waals surface area contributed by atoms with Crippen LogP contribution in [0.1, 0.15) is 35.3 Å². The number of amides is 1. The molecule has 0 saturated carbocycles. The van der Waals surface area contributed by atoms with Gasteiger partial charge in [0, 0.05) is 12.1 Å². The summed E-state index contributed by atoms with van der Waals surface area (Å²) in [5.74, 6) is -0.557. The molecule has 1 N–H and O–H groups in total. The van der Waals surface area contributed by atoms with E-state index in [0.717, 1.165) is 15.4 Å². The fourth-order valence-corrected chi connectivity index (χ4v) is 4.90. The normalized spacial score (nSPS) is 12.1. The largest absolute Gasteiger partial charge is 0.350 e. The van der Waals surface area contributed by atoms with Gasteiger partial charge in [0.15, 0.2) is 5.78 Å². The van der Waals surface area contributed by atoms with E-state index >= 15 is 0 Å². The number of nitrogens with zero attached hydrogens (tertiary/aromatic N) is 1. The number of aryl methyl sites for hydroxylation is 1. The third-order valence-electron chi connectivity index (χ3n) is 5.15. The van der Waals surface area contributed by atoms with Gasteiger partial charge in [-0.2, -0.15) is 0 Å². The maximum atomic E-state index is 13.6. The molecule has 3 aromatic carbocycles. The summed E-state index contributed by atoms with van der Waals surface area (Å²) in [7, 11) is -4.04. The van der Waals surface area contributed by atoms with Crippen LogP contribution in [0.15, 0.2) is 83.8 Å². The highest BCUT2D eigenvalue weighted by molar-refractivity contribution is 7.93. The number of carbonyl (C=O) groups is 2. The zero-order valence-electron chi connectivity index (χ0n) is 18.3. The first-order chi connectivity index (χ1) is 15.2. The average molecular weight is 451 g/mol. The molecular formula is C25H26N2O4S. The van der Waals surface area contributed by atoms with Crippen molar-refractivity contribution in [3.63, 3.8) is 0 Å². The Hall–Kier alpha value is -3.45. The first-order valence-electron chi connectivity index (χ1n) is 10.2. The van der Waals surface area contributed by atoms with Crippen LogP contribution in [0.2, 0.25) is 0 Å². The third-order valence-corrected chi connectivity index (χ3v) is 7.06. The quantitative estimate of drug-likeness (QED) is 0.524. The first kappa shape index (κ1) is 23.2. The van der Waals surface area contributed by atoms with E-state index in [1.165, 1.54) is 19.1 Å². The molecule has 0 bridgehead atoms. The van der Waals surface area contributed by atoms with E-state index in [2.05, 4.69) is 5.32 Å². The topological polar surface area (TPSA) is 83.6 Å². The van der Waals surface area contributed by atoms with E-state index in [1.807, 2.05) is 37.3 Å². The lowest BCUT2D eigenvalue weighted by molar-refractivity contribution is -0.122. The molecule has 0 aromatic heterocycles. The van der Waals surface area contributed by atoms with Crippen LogP contribution in [0.25, 0.3) is 0 Å². The number of anilines is 1. The molecule has 32 heavy (non-hydrogen) atoms. The first-order valence-corrected chi connectivity index (χ1v) is 11.7. The molecule has 6 nitrogen and oxygen atoms in total. The molecule has 0 heterocycles. The van der Waals surface area contributed by atoms with Crippen LogP contribution in [0, 0.1) is 6.92 Å². The number of rotatable bonds is 8. The highest BCUT2D eigenvalue weighted by Crippen LogP contribution is 2.27. The van der Waals surface area contributed by atoms with Crippen LogP contribution < -0.4 is 9.62 Å². The van der Waals surface area contributed by atoms with Crippen molar-refractivity contribution >= 4 is 27.4 Å². The van der Waals surface area contributed by atoms with Crippen LogP contribution in [0.3, 0.4) is 0 Å². The fraction of sp³-hybridized carbons (Fsp3) is 0.200. The minimum absolute atomic E-state index is 0.0847. The van der Waals surface area contributed by atoms with E-state index in [1.54, 1.807) is 43.3 Å². The molecule has 166 valence electrons. The van der Waals surface area contributed by atoms with E-state index in [9.17, 15) is 18.0 Å². The zero-order chi connectivity index (χ0) is 23.3. The molecule has 0 saturated heterocycles. The summed E-state index contributed by atoms with van der Waals surface area (Å²) in [6.07, 6.45) is 0. The molecule has 0 aliphatic heterocycles. The predicted molar refractivity (Wildman–Crippen MR) is 125 cm³/mol. The molecule has 3 rings (SSSR count). The molecule has 0 radical (unpaired) electrons. The van der Waals surface area contributed by atoms with Crippen molar-refractivity contribution in [3.8, 4) is 0 Å². The summed E-state index contributed by atoms with van der Waals surface area (Å²) in [5, 5.41) is 2.81. The molecule has 1 amide bonds. The minimum atomic E-state index is -4.04. The number of ketones is 1. The Bertz CT molecular complexity index is 1190. The number of benzene rings is 3. The van der Waals surface area contributed by atoms with Crippen LogP contribution >= 0.6 is 0 Å². The Labute approximate surface area is 188 Å². The van der Waals surface area contributed by atoms with Gasteiger partial charge >= 0.3 is 0 Å². The molecule has 0 fully saturated rings. The van der Waals surface area contributed by atoms with Crippen LogP contribution in [-0.4, -0.2) is 26.2 Å². The molecule has 0 unspecified atom stereocenters. The summed E-state index contributed by atoms with van der Waals surface area (Å²) >= 11 is 0. The van der Waals surface area contributed by atoms with Crippen molar-refractivity contribution in [1.29, 1.82) is 0 Å². The van der Waals surface area contributed by atoms with E-state index < -0.39 is 22.0 Å². The lowest BCUT2D eigenvalue weighted by Gasteiger charge is -2.30. The SMILES string of the molecule is CC(=O)c1ccc(N([C@@H](C)C(=O)NCc2ccccc2)S(=O)(=O)c2ccc(C)cc2)cc1. The number of nitrogens with one attached hydrogen (secondary N) is 1. The van der Waals surface area contributed by atoms with Crippen LogP contribution in [-0.2, 0) is 21.4 Å². The molecule has 3 aromatic rings. The number of Topliss-reactive ketones (excluding diaryl/α,β-unsaturated/α-hetero) is 1. The third kappa shape index (κ3) is 5.23. The second-order valence-corrected chi connectivity index (χ2v) is 9.41. The molecule has 1 atom stereocenters. The van der Waals surface area contributed by atoms with Gasteiger partial charge in [0.25, 0.3) is 10.0 Å². The molecule has 0 aliphatic carbocycles. The number of hydrogen-bond donors (Lipinski definition) is 1. The van der Waals surface area contributed by atoms with Gasteiger partial charge in [-0.15, -0.1) is 0 Å². The summed E-state index contributed by atoms with van der Waals surface area (Å²) in [5.41, 5.74) is 2.60. The minimum Gasteiger partial charge on any atom is -0.350 e. The Morgan fingerprint density at radius 2 is 1.50 bits per heavy atom. The van der Waals surface area contributed by atoms with Crippen molar-refractivity contribution in [3.05, 3.63) is 95.6 Å². The monoisotopic (exact) mass is 450 g/mol. The van der Waals surface area contributed by atoms with Crippen molar-refractivity contribution in [2.75, 3.05) is 4.31 Å². The summed E-state index contributed by atoms with van der Waals surface area (Å²) < 4.78 is 28.2. The number of sulfonamides is 1. The van der Waals surface area contributed by atoms with E-state index in [-0.39, 0.29) is 17.2 Å². The van der Waals surface area contributed by atoms with Gasteiger partial charge < -0.3 is 5.32 Å². The van der Waals surface area contributed by atoms with Gasteiger partial charge in [-0.25, -0.2) is 8.42 Å². The van der Waals surface area contributed by atoms with Crippen molar-refractivity contribution in [2.45, 2.75) is 38.3 Å². The molecule has 0 spiro atoms. The average Bonchev–Trinajstić information content (AvgIpc) is 2.78. The van der Waals surface area contributed by atoms with Gasteiger partial charge in [-0.1, -0.05) is 48.0 Å². The predicted octanol–water partition coefficient (Wildman–Crippen LogP) is 4.10.